The van der Waals surface area contributed by atoms with E-state index in [9.17, 15) is 0 Å². The topological polar surface area (TPSA) is 15.3 Å². The SMILES string of the molecule is C=CC.CC.CC.CC.CC(C)CC1CCCCCC1.CC(C)CC1CCN(C)CC1.CCC(C)CC.CCC1CCNCC1. The van der Waals surface area contributed by atoms with E-state index in [0.29, 0.717) is 0 Å². The highest BCUT2D eigenvalue weighted by Gasteiger charge is 2.17. The number of likely N-dealkylation sites (tertiary alicyclic amines) is 1. The Morgan fingerprint density at radius 2 is 0.978 bits per heavy atom. The zero-order valence-electron chi connectivity index (χ0n) is 35.1. The Kier molecular flexibility index (Phi) is 55.1. The van der Waals surface area contributed by atoms with Gasteiger partial charge in [0.25, 0.3) is 0 Å². The Hall–Kier alpha value is -0.340. The number of nitrogens with one attached hydrogen (secondary N) is 1. The van der Waals surface area contributed by atoms with Crippen LogP contribution in [0.2, 0.25) is 0 Å². The Morgan fingerprint density at radius 3 is 1.24 bits per heavy atom. The molecule has 0 radical (unpaired) electrons. The Balaban J connectivity index is -0.000000148. The first kappa shape index (κ1) is 54.1. The molecule has 3 aliphatic rings. The van der Waals surface area contributed by atoms with Gasteiger partial charge in [-0.15, -0.1) is 6.58 Å². The number of hydrogen-bond donors (Lipinski definition) is 1. The van der Waals surface area contributed by atoms with Gasteiger partial charge in [-0.1, -0.05) is 161 Å². The van der Waals surface area contributed by atoms with Gasteiger partial charge >= 0.3 is 0 Å². The van der Waals surface area contributed by atoms with Crippen LogP contribution in [0.25, 0.3) is 0 Å². The van der Waals surface area contributed by atoms with Crippen LogP contribution in [-0.2, 0) is 0 Å². The highest BCUT2D eigenvalue weighted by Crippen LogP contribution is 2.27. The molecule has 0 amide bonds. The van der Waals surface area contributed by atoms with Crippen LogP contribution in [0.15, 0.2) is 12.7 Å². The van der Waals surface area contributed by atoms with Crippen molar-refractivity contribution in [1.82, 2.24) is 10.2 Å². The van der Waals surface area contributed by atoms with Crippen LogP contribution in [0, 0.1) is 35.5 Å². The monoisotopic (exact) mass is 641 g/mol. The summed E-state index contributed by atoms with van der Waals surface area (Å²) in [7, 11) is 2.23. The summed E-state index contributed by atoms with van der Waals surface area (Å²) in [6.07, 6.45) is 23.4. The van der Waals surface area contributed by atoms with E-state index in [0.717, 1.165) is 35.5 Å². The van der Waals surface area contributed by atoms with Crippen molar-refractivity contribution >= 4 is 0 Å². The molecule has 0 aromatic rings. The highest BCUT2D eigenvalue weighted by molar-refractivity contribution is 4.71. The van der Waals surface area contributed by atoms with E-state index in [1.54, 1.807) is 6.08 Å². The first-order valence-corrected chi connectivity index (χ1v) is 20.6. The standard InChI is InChI=1S/C11H22.C10H21N.C7H15N.C6H14.C3H6.3C2H6/c1-10(2)9-11-7-5-3-4-6-8-11;1-9(2)8-10-4-6-11(3)7-5-10;1-2-7-3-5-8-6-4-7;1-4-6(3)5-2;1-3-2;3*1-2/h10-11H,3-9H2,1-2H3;9-10H,4-8H2,1-3H3;7-8H,2-6H2,1H3;6H,4-5H2,1-3H3;3H,1H2,2H3;3*1-2H3. The largest absolute Gasteiger partial charge is 0.317 e. The molecule has 1 N–H and O–H groups in total. The summed E-state index contributed by atoms with van der Waals surface area (Å²) in [4.78, 5) is 2.44. The van der Waals surface area contributed by atoms with Crippen molar-refractivity contribution in [2.45, 2.75) is 200 Å². The second-order valence-corrected chi connectivity index (χ2v) is 13.8. The third kappa shape index (κ3) is 45.8. The maximum Gasteiger partial charge on any atom is -0.00191 e. The quantitative estimate of drug-likeness (QED) is 0.220. The molecule has 0 atom stereocenters. The number of piperidine rings is 2. The third-order valence-corrected chi connectivity index (χ3v) is 8.85. The summed E-state index contributed by atoms with van der Waals surface area (Å²) in [6.45, 7) is 40.8. The van der Waals surface area contributed by atoms with Gasteiger partial charge in [-0.3, -0.25) is 0 Å². The van der Waals surface area contributed by atoms with Crippen molar-refractivity contribution in [3.8, 4) is 0 Å². The molecule has 2 heteroatoms. The van der Waals surface area contributed by atoms with Crippen molar-refractivity contribution in [1.29, 1.82) is 0 Å². The predicted octanol–water partition coefficient (Wildman–Crippen LogP) is 14.5. The first-order chi connectivity index (χ1) is 21.6. The fourth-order valence-electron chi connectivity index (χ4n) is 5.81. The molecule has 1 saturated carbocycles. The lowest BCUT2D eigenvalue weighted by atomic mass is 9.89. The van der Waals surface area contributed by atoms with Gasteiger partial charge in [0.2, 0.25) is 0 Å². The average Bonchev–Trinajstić information content (AvgIpc) is 3.34. The van der Waals surface area contributed by atoms with Crippen molar-refractivity contribution < 1.29 is 0 Å². The fourth-order valence-corrected chi connectivity index (χ4v) is 5.81. The van der Waals surface area contributed by atoms with Crippen LogP contribution in [0.5, 0.6) is 0 Å². The summed E-state index contributed by atoms with van der Waals surface area (Å²) in [5.74, 6) is 5.85. The van der Waals surface area contributed by atoms with Crippen LogP contribution in [0.4, 0.5) is 0 Å². The summed E-state index contributed by atoms with van der Waals surface area (Å²) >= 11 is 0. The van der Waals surface area contributed by atoms with Crippen LogP contribution in [0.3, 0.4) is 0 Å². The van der Waals surface area contributed by atoms with Crippen LogP contribution in [-0.4, -0.2) is 38.1 Å². The Bertz CT molecular complexity index is 460. The molecular weight excluding hydrogens is 544 g/mol. The smallest absolute Gasteiger partial charge is 0.00191 e. The maximum absolute atomic E-state index is 3.36. The van der Waals surface area contributed by atoms with E-state index in [1.807, 2.05) is 48.5 Å². The number of hydrogen-bond acceptors (Lipinski definition) is 2. The molecule has 2 saturated heterocycles. The lowest BCUT2D eigenvalue weighted by Crippen LogP contribution is -2.30. The normalized spacial score (nSPS) is 17.2. The van der Waals surface area contributed by atoms with Gasteiger partial charge in [-0.25, -0.2) is 0 Å². The van der Waals surface area contributed by atoms with Crippen LogP contribution < -0.4 is 5.32 Å². The Morgan fingerprint density at radius 1 is 0.622 bits per heavy atom. The van der Waals surface area contributed by atoms with Gasteiger partial charge in [0.15, 0.2) is 0 Å². The van der Waals surface area contributed by atoms with Gasteiger partial charge in [-0.2, -0.15) is 0 Å². The van der Waals surface area contributed by atoms with E-state index >= 15 is 0 Å². The predicted molar refractivity (Wildman–Crippen MR) is 216 cm³/mol. The Labute approximate surface area is 291 Å². The molecule has 3 rings (SSSR count). The van der Waals surface area contributed by atoms with Crippen molar-refractivity contribution in [2.75, 3.05) is 33.2 Å². The van der Waals surface area contributed by atoms with Gasteiger partial charge in [0, 0.05) is 0 Å². The molecule has 2 aliphatic heterocycles. The van der Waals surface area contributed by atoms with Gasteiger partial charge < -0.3 is 10.2 Å². The average molecular weight is 641 g/mol. The maximum atomic E-state index is 3.36. The van der Waals surface area contributed by atoms with Gasteiger partial charge in [-0.05, 0) is 114 Å². The molecule has 278 valence electrons. The summed E-state index contributed by atoms with van der Waals surface area (Å²) < 4.78 is 0. The molecule has 0 spiro atoms. The molecule has 1 aliphatic carbocycles. The molecule has 0 bridgehead atoms. The van der Waals surface area contributed by atoms with Gasteiger partial charge in [0.05, 0.1) is 0 Å². The molecule has 0 aromatic heterocycles. The number of allylic oxidation sites excluding steroid dienone is 1. The minimum absolute atomic E-state index is 0.892. The van der Waals surface area contributed by atoms with Gasteiger partial charge in [0.1, 0.15) is 0 Å². The minimum atomic E-state index is 0.892. The number of nitrogens with zero attached hydrogens (tertiary/aromatic N) is 1. The second kappa shape index (κ2) is 45.8. The van der Waals surface area contributed by atoms with Crippen LogP contribution in [0.1, 0.15) is 200 Å². The lowest BCUT2D eigenvalue weighted by Gasteiger charge is -2.29. The molecule has 3 fully saturated rings. The number of rotatable bonds is 7. The highest BCUT2D eigenvalue weighted by atomic mass is 15.1. The molecular formula is C43H96N2. The summed E-state index contributed by atoms with van der Waals surface area (Å²) in [5.41, 5.74) is 0. The lowest BCUT2D eigenvalue weighted by molar-refractivity contribution is 0.201. The molecule has 2 heterocycles. The summed E-state index contributed by atoms with van der Waals surface area (Å²) in [6, 6.07) is 0. The molecule has 0 aromatic carbocycles. The minimum Gasteiger partial charge on any atom is -0.317 e. The van der Waals surface area contributed by atoms with E-state index in [1.165, 1.54) is 122 Å². The zero-order valence-corrected chi connectivity index (χ0v) is 35.1. The second-order valence-electron chi connectivity index (χ2n) is 13.8. The molecule has 2 nitrogen and oxygen atoms in total. The van der Waals surface area contributed by atoms with Crippen molar-refractivity contribution in [3.63, 3.8) is 0 Å². The van der Waals surface area contributed by atoms with E-state index in [-0.39, 0.29) is 0 Å². The van der Waals surface area contributed by atoms with Crippen molar-refractivity contribution in [2.24, 2.45) is 35.5 Å². The summed E-state index contributed by atoms with van der Waals surface area (Å²) in [5, 5.41) is 3.35. The molecule has 45 heavy (non-hydrogen) atoms. The van der Waals surface area contributed by atoms with Crippen LogP contribution >= 0.6 is 0 Å². The zero-order chi connectivity index (χ0) is 35.9. The molecule has 0 unspecified atom stereocenters. The first-order valence-electron chi connectivity index (χ1n) is 20.6. The van der Waals surface area contributed by atoms with E-state index in [2.05, 4.69) is 79.2 Å². The van der Waals surface area contributed by atoms with E-state index in [4.69, 9.17) is 0 Å². The fraction of sp³-hybridized carbons (Fsp3) is 0.953. The third-order valence-electron chi connectivity index (χ3n) is 8.85. The van der Waals surface area contributed by atoms with Crippen molar-refractivity contribution in [3.05, 3.63) is 12.7 Å². The van der Waals surface area contributed by atoms with E-state index < -0.39 is 0 Å².